The summed E-state index contributed by atoms with van der Waals surface area (Å²) in [7, 11) is 3.67. The molecule has 3 rings (SSSR count). The number of oxazole rings is 1. The molecule has 23 heavy (non-hydrogen) atoms. The highest BCUT2D eigenvalue weighted by Gasteiger charge is 2.10. The third kappa shape index (κ3) is 3.81. The summed E-state index contributed by atoms with van der Waals surface area (Å²) in [5, 5.41) is 0. The quantitative estimate of drug-likeness (QED) is 0.691. The maximum absolute atomic E-state index is 5.59. The van der Waals surface area contributed by atoms with Gasteiger partial charge in [0.2, 0.25) is 5.89 Å². The minimum absolute atomic E-state index is 0.616. The summed E-state index contributed by atoms with van der Waals surface area (Å²) < 4.78 is 16.3. The van der Waals surface area contributed by atoms with Crippen LogP contribution in [0, 0.1) is 6.92 Å². The van der Waals surface area contributed by atoms with E-state index >= 15 is 0 Å². The highest BCUT2D eigenvalue weighted by molar-refractivity contribution is 5.54. The van der Waals surface area contributed by atoms with Gasteiger partial charge in [-0.25, -0.2) is 4.98 Å². The lowest BCUT2D eigenvalue weighted by molar-refractivity contribution is 0.282. The fraction of sp³-hybridized carbons (Fsp3) is 0.278. The Morgan fingerprint density at radius 1 is 1.09 bits per heavy atom. The minimum Gasteiger partial charge on any atom is -0.497 e. The standard InChI is InChI=1S/C18H20N2O3/c1-13-4-7-17(23-13)11-20(2)10-15-12-22-18(19-15)14-5-8-16(21-3)9-6-14/h4-9,12H,10-11H2,1-3H3. The molecular formula is C18H20N2O3. The molecule has 5 nitrogen and oxygen atoms in total. The summed E-state index contributed by atoms with van der Waals surface area (Å²) in [6.07, 6.45) is 1.70. The van der Waals surface area contributed by atoms with Crippen LogP contribution in [0.1, 0.15) is 17.2 Å². The maximum Gasteiger partial charge on any atom is 0.226 e. The van der Waals surface area contributed by atoms with Crippen molar-refractivity contribution >= 4 is 0 Å². The first kappa shape index (κ1) is 15.4. The molecule has 0 aliphatic rings. The molecule has 2 heterocycles. The van der Waals surface area contributed by atoms with Crippen molar-refractivity contribution < 1.29 is 13.6 Å². The van der Waals surface area contributed by atoms with Crippen molar-refractivity contribution in [2.75, 3.05) is 14.2 Å². The van der Waals surface area contributed by atoms with Gasteiger partial charge in [-0.1, -0.05) is 0 Å². The van der Waals surface area contributed by atoms with E-state index in [-0.39, 0.29) is 0 Å². The fourth-order valence-electron chi connectivity index (χ4n) is 2.41. The van der Waals surface area contributed by atoms with Crippen LogP contribution in [0.4, 0.5) is 0 Å². The Bertz CT molecular complexity index is 759. The van der Waals surface area contributed by atoms with Gasteiger partial charge in [0.1, 0.15) is 23.5 Å². The third-order valence-electron chi connectivity index (χ3n) is 3.54. The van der Waals surface area contributed by atoms with E-state index in [2.05, 4.69) is 9.88 Å². The molecule has 5 heteroatoms. The normalized spacial score (nSPS) is 11.1. The van der Waals surface area contributed by atoms with E-state index in [0.29, 0.717) is 12.4 Å². The Balaban J connectivity index is 1.64. The van der Waals surface area contributed by atoms with Crippen LogP contribution in [0.5, 0.6) is 5.75 Å². The number of furan rings is 1. The van der Waals surface area contributed by atoms with Gasteiger partial charge >= 0.3 is 0 Å². The SMILES string of the molecule is COc1ccc(-c2nc(CN(C)Cc3ccc(C)o3)co2)cc1. The van der Waals surface area contributed by atoms with Crippen molar-refractivity contribution in [1.29, 1.82) is 0 Å². The molecule has 0 saturated carbocycles. The lowest BCUT2D eigenvalue weighted by atomic mass is 10.2. The molecule has 0 aliphatic heterocycles. The van der Waals surface area contributed by atoms with Gasteiger partial charge in [-0.3, -0.25) is 4.90 Å². The van der Waals surface area contributed by atoms with Crippen molar-refractivity contribution in [3.8, 4) is 17.2 Å². The first-order valence-electron chi connectivity index (χ1n) is 7.47. The fourth-order valence-corrected chi connectivity index (χ4v) is 2.41. The van der Waals surface area contributed by atoms with Crippen molar-refractivity contribution in [3.63, 3.8) is 0 Å². The largest absolute Gasteiger partial charge is 0.497 e. The number of methoxy groups -OCH3 is 1. The highest BCUT2D eigenvalue weighted by atomic mass is 16.5. The molecule has 0 radical (unpaired) electrons. The molecular weight excluding hydrogens is 292 g/mol. The van der Waals surface area contributed by atoms with Crippen LogP contribution in [-0.4, -0.2) is 24.0 Å². The molecule has 0 saturated heterocycles. The molecule has 0 N–H and O–H groups in total. The Kier molecular flexibility index (Phi) is 4.48. The summed E-state index contributed by atoms with van der Waals surface area (Å²) in [6, 6.07) is 11.6. The second kappa shape index (κ2) is 6.71. The third-order valence-corrected chi connectivity index (χ3v) is 3.54. The Labute approximate surface area is 135 Å². The average molecular weight is 312 g/mol. The van der Waals surface area contributed by atoms with Gasteiger partial charge in [0.15, 0.2) is 0 Å². The van der Waals surface area contributed by atoms with E-state index in [9.17, 15) is 0 Å². The van der Waals surface area contributed by atoms with Crippen LogP contribution < -0.4 is 4.74 Å². The lowest BCUT2D eigenvalue weighted by Crippen LogP contribution is -2.17. The summed E-state index contributed by atoms with van der Waals surface area (Å²) in [4.78, 5) is 6.68. The summed E-state index contributed by atoms with van der Waals surface area (Å²) in [6.45, 7) is 3.38. The molecule has 2 aromatic heterocycles. The number of aromatic nitrogens is 1. The molecule has 0 atom stereocenters. The van der Waals surface area contributed by atoms with Gasteiger partial charge < -0.3 is 13.6 Å². The van der Waals surface area contributed by atoms with Crippen LogP contribution in [0.3, 0.4) is 0 Å². The van der Waals surface area contributed by atoms with Crippen molar-refractivity contribution in [2.45, 2.75) is 20.0 Å². The molecule has 0 aliphatic carbocycles. The predicted molar refractivity (Wildman–Crippen MR) is 87.1 cm³/mol. The van der Waals surface area contributed by atoms with Gasteiger partial charge in [-0.05, 0) is 50.4 Å². The van der Waals surface area contributed by atoms with E-state index in [1.807, 2.05) is 50.4 Å². The van der Waals surface area contributed by atoms with Crippen LogP contribution >= 0.6 is 0 Å². The first-order valence-corrected chi connectivity index (χ1v) is 7.47. The summed E-state index contributed by atoms with van der Waals surface area (Å²) in [5.74, 6) is 3.31. The van der Waals surface area contributed by atoms with Gasteiger partial charge in [0.25, 0.3) is 0 Å². The molecule has 0 spiro atoms. The van der Waals surface area contributed by atoms with E-state index in [0.717, 1.165) is 35.1 Å². The Hall–Kier alpha value is -2.53. The average Bonchev–Trinajstić information content (AvgIpc) is 3.16. The van der Waals surface area contributed by atoms with Gasteiger partial charge in [0.05, 0.1) is 19.3 Å². The molecule has 0 amide bonds. The maximum atomic E-state index is 5.59. The molecule has 120 valence electrons. The summed E-state index contributed by atoms with van der Waals surface area (Å²) in [5.41, 5.74) is 1.82. The van der Waals surface area contributed by atoms with Crippen molar-refractivity contribution in [2.24, 2.45) is 0 Å². The van der Waals surface area contributed by atoms with E-state index in [1.165, 1.54) is 0 Å². The Morgan fingerprint density at radius 2 is 1.87 bits per heavy atom. The van der Waals surface area contributed by atoms with E-state index < -0.39 is 0 Å². The van der Waals surface area contributed by atoms with Crippen LogP contribution in [0.25, 0.3) is 11.5 Å². The lowest BCUT2D eigenvalue weighted by Gasteiger charge is -2.12. The van der Waals surface area contributed by atoms with E-state index in [1.54, 1.807) is 13.4 Å². The van der Waals surface area contributed by atoms with Crippen LogP contribution in [0.15, 0.2) is 51.5 Å². The van der Waals surface area contributed by atoms with Gasteiger partial charge in [-0.2, -0.15) is 0 Å². The molecule has 3 aromatic rings. The number of rotatable bonds is 6. The van der Waals surface area contributed by atoms with Crippen molar-refractivity contribution in [3.05, 3.63) is 59.9 Å². The molecule has 0 unspecified atom stereocenters. The first-order chi connectivity index (χ1) is 11.1. The van der Waals surface area contributed by atoms with Gasteiger partial charge in [0, 0.05) is 12.1 Å². The predicted octanol–water partition coefficient (Wildman–Crippen LogP) is 3.88. The number of hydrogen-bond acceptors (Lipinski definition) is 5. The number of hydrogen-bond donors (Lipinski definition) is 0. The Morgan fingerprint density at radius 3 is 2.52 bits per heavy atom. The monoisotopic (exact) mass is 312 g/mol. The number of nitrogens with zero attached hydrogens (tertiary/aromatic N) is 2. The van der Waals surface area contributed by atoms with Gasteiger partial charge in [-0.15, -0.1) is 0 Å². The zero-order valence-corrected chi connectivity index (χ0v) is 13.6. The second-order valence-electron chi connectivity index (χ2n) is 5.56. The number of aryl methyl sites for hydroxylation is 1. The van der Waals surface area contributed by atoms with Crippen molar-refractivity contribution in [1.82, 2.24) is 9.88 Å². The van der Waals surface area contributed by atoms with Crippen LogP contribution in [-0.2, 0) is 13.1 Å². The topological polar surface area (TPSA) is 51.6 Å². The second-order valence-corrected chi connectivity index (χ2v) is 5.56. The molecule has 1 aromatic carbocycles. The zero-order chi connectivity index (χ0) is 16.2. The smallest absolute Gasteiger partial charge is 0.226 e. The molecule has 0 bridgehead atoms. The number of benzene rings is 1. The minimum atomic E-state index is 0.616. The number of ether oxygens (including phenoxy) is 1. The molecule has 0 fully saturated rings. The van der Waals surface area contributed by atoms with E-state index in [4.69, 9.17) is 13.6 Å². The highest BCUT2D eigenvalue weighted by Crippen LogP contribution is 2.22. The zero-order valence-electron chi connectivity index (χ0n) is 13.6. The summed E-state index contributed by atoms with van der Waals surface area (Å²) >= 11 is 0. The van der Waals surface area contributed by atoms with Crippen LogP contribution in [0.2, 0.25) is 0 Å².